The van der Waals surface area contributed by atoms with E-state index in [-0.39, 0.29) is 18.4 Å². The van der Waals surface area contributed by atoms with E-state index in [9.17, 15) is 9.59 Å². The molecule has 1 unspecified atom stereocenters. The monoisotopic (exact) mass is 432 g/mol. The van der Waals surface area contributed by atoms with E-state index in [0.717, 1.165) is 16.5 Å². The van der Waals surface area contributed by atoms with Gasteiger partial charge < -0.3 is 15.4 Å². The Labute approximate surface area is 168 Å². The van der Waals surface area contributed by atoms with E-state index in [1.807, 2.05) is 31.2 Å². The van der Waals surface area contributed by atoms with Gasteiger partial charge in [-0.15, -0.1) is 0 Å². The van der Waals surface area contributed by atoms with Crippen molar-refractivity contribution in [3.8, 4) is 5.75 Å². The lowest BCUT2D eigenvalue weighted by Crippen LogP contribution is -2.20. The van der Waals surface area contributed by atoms with Gasteiger partial charge in [-0.05, 0) is 70.6 Å². The van der Waals surface area contributed by atoms with Gasteiger partial charge in [-0.25, -0.2) is 0 Å². The van der Waals surface area contributed by atoms with Crippen molar-refractivity contribution in [2.45, 2.75) is 40.0 Å². The Kier molecular flexibility index (Phi) is 7.42. The number of carbonyl (C=O) groups excluding carboxylic acids is 2. The summed E-state index contributed by atoms with van der Waals surface area (Å²) >= 11 is 3.51. The molecule has 0 radical (unpaired) electrons. The topological polar surface area (TPSA) is 67.4 Å². The van der Waals surface area contributed by atoms with Gasteiger partial charge in [-0.3, -0.25) is 9.59 Å². The van der Waals surface area contributed by atoms with Gasteiger partial charge in [0.15, 0.2) is 6.61 Å². The molecule has 27 heavy (non-hydrogen) atoms. The third kappa shape index (κ3) is 6.10. The van der Waals surface area contributed by atoms with E-state index >= 15 is 0 Å². The molecule has 1 atom stereocenters. The van der Waals surface area contributed by atoms with E-state index in [1.54, 1.807) is 12.1 Å². The van der Waals surface area contributed by atoms with Crippen molar-refractivity contribution in [2.75, 3.05) is 17.2 Å². The molecule has 6 heteroatoms. The summed E-state index contributed by atoms with van der Waals surface area (Å²) in [4.78, 5) is 23.5. The van der Waals surface area contributed by atoms with Crippen LogP contribution in [0.3, 0.4) is 0 Å². The Hall–Kier alpha value is -2.34. The average Bonchev–Trinajstić information content (AvgIpc) is 2.62. The zero-order valence-electron chi connectivity index (χ0n) is 16.1. The first-order chi connectivity index (χ1) is 12.8. The van der Waals surface area contributed by atoms with Crippen molar-refractivity contribution < 1.29 is 14.3 Å². The normalized spacial score (nSPS) is 11.6. The smallest absolute Gasteiger partial charge is 0.262 e. The van der Waals surface area contributed by atoms with Crippen LogP contribution in [-0.4, -0.2) is 18.4 Å². The predicted molar refractivity (Wildman–Crippen MR) is 112 cm³/mol. The standard InChI is InChI=1S/C21H25BrN2O3/c1-5-13(2)16-7-9-20(18(22)10-16)27-12-21(26)24-17-8-6-14(3)19(11-17)23-15(4)25/h6-11,13H,5,12H2,1-4H3,(H,23,25)(H,24,26). The lowest BCUT2D eigenvalue weighted by atomic mass is 9.99. The highest BCUT2D eigenvalue weighted by Crippen LogP contribution is 2.30. The molecule has 0 spiro atoms. The summed E-state index contributed by atoms with van der Waals surface area (Å²) in [5, 5.41) is 5.52. The number of amides is 2. The molecule has 0 saturated heterocycles. The maximum Gasteiger partial charge on any atom is 0.262 e. The molecule has 0 aliphatic rings. The van der Waals surface area contributed by atoms with Crippen LogP contribution >= 0.6 is 15.9 Å². The number of aryl methyl sites for hydroxylation is 1. The molecule has 5 nitrogen and oxygen atoms in total. The number of hydrogen-bond donors (Lipinski definition) is 2. The van der Waals surface area contributed by atoms with Crippen LogP contribution in [0.1, 0.15) is 44.2 Å². The zero-order valence-corrected chi connectivity index (χ0v) is 17.6. The molecule has 0 bridgehead atoms. The van der Waals surface area contributed by atoms with Crippen LogP contribution in [0, 0.1) is 6.92 Å². The molecule has 0 saturated carbocycles. The number of anilines is 2. The Balaban J connectivity index is 1.97. The van der Waals surface area contributed by atoms with Gasteiger partial charge in [-0.1, -0.05) is 26.0 Å². The lowest BCUT2D eigenvalue weighted by Gasteiger charge is -2.13. The predicted octanol–water partition coefficient (Wildman–Crippen LogP) is 5.25. The molecule has 2 amide bonds. The van der Waals surface area contributed by atoms with Crippen molar-refractivity contribution in [2.24, 2.45) is 0 Å². The van der Waals surface area contributed by atoms with E-state index in [0.29, 0.717) is 23.0 Å². The summed E-state index contributed by atoms with van der Waals surface area (Å²) in [7, 11) is 0. The van der Waals surface area contributed by atoms with Crippen LogP contribution in [-0.2, 0) is 9.59 Å². The molecule has 2 aromatic carbocycles. The number of nitrogens with one attached hydrogen (secondary N) is 2. The number of rotatable bonds is 7. The molecule has 0 aliphatic heterocycles. The quantitative estimate of drug-likeness (QED) is 0.627. The van der Waals surface area contributed by atoms with Gasteiger partial charge in [0.1, 0.15) is 5.75 Å². The van der Waals surface area contributed by atoms with Crippen LogP contribution in [0.2, 0.25) is 0 Å². The van der Waals surface area contributed by atoms with Crippen LogP contribution in [0.5, 0.6) is 5.75 Å². The van der Waals surface area contributed by atoms with Crippen LogP contribution in [0.25, 0.3) is 0 Å². The fourth-order valence-electron chi connectivity index (χ4n) is 2.54. The van der Waals surface area contributed by atoms with Crippen molar-refractivity contribution >= 4 is 39.1 Å². The van der Waals surface area contributed by atoms with Gasteiger partial charge in [0.05, 0.1) is 4.47 Å². The lowest BCUT2D eigenvalue weighted by molar-refractivity contribution is -0.118. The number of halogens is 1. The Morgan fingerprint density at radius 1 is 1.15 bits per heavy atom. The first-order valence-electron chi connectivity index (χ1n) is 8.90. The molecule has 2 rings (SSSR count). The van der Waals surface area contributed by atoms with Crippen molar-refractivity contribution in [1.82, 2.24) is 0 Å². The van der Waals surface area contributed by atoms with Gasteiger partial charge >= 0.3 is 0 Å². The highest BCUT2D eigenvalue weighted by atomic mass is 79.9. The summed E-state index contributed by atoms with van der Waals surface area (Å²) in [6, 6.07) is 11.3. The summed E-state index contributed by atoms with van der Waals surface area (Å²) in [5.41, 5.74) is 3.42. The van der Waals surface area contributed by atoms with E-state index in [4.69, 9.17) is 4.74 Å². The van der Waals surface area contributed by atoms with Gasteiger partial charge in [0.25, 0.3) is 5.91 Å². The molecule has 0 aliphatic carbocycles. The minimum Gasteiger partial charge on any atom is -0.483 e. The number of hydrogen-bond acceptors (Lipinski definition) is 3. The van der Waals surface area contributed by atoms with Crippen LogP contribution < -0.4 is 15.4 Å². The number of benzene rings is 2. The first-order valence-corrected chi connectivity index (χ1v) is 9.69. The summed E-state index contributed by atoms with van der Waals surface area (Å²) < 4.78 is 6.46. The molecular weight excluding hydrogens is 408 g/mol. The molecule has 144 valence electrons. The highest BCUT2D eigenvalue weighted by Gasteiger charge is 2.10. The highest BCUT2D eigenvalue weighted by molar-refractivity contribution is 9.10. The summed E-state index contributed by atoms with van der Waals surface area (Å²) in [5.74, 6) is 0.666. The van der Waals surface area contributed by atoms with Gasteiger partial charge in [0.2, 0.25) is 5.91 Å². The fourth-order valence-corrected chi connectivity index (χ4v) is 3.05. The summed E-state index contributed by atoms with van der Waals surface area (Å²) in [6.07, 6.45) is 1.06. The van der Waals surface area contributed by atoms with Crippen LogP contribution in [0.15, 0.2) is 40.9 Å². The second-order valence-electron chi connectivity index (χ2n) is 6.55. The first kappa shape index (κ1) is 21.0. The molecule has 2 aromatic rings. The SMILES string of the molecule is CCC(C)c1ccc(OCC(=O)Nc2ccc(C)c(NC(C)=O)c2)c(Br)c1. The third-order valence-corrected chi connectivity index (χ3v) is 4.95. The number of carbonyl (C=O) groups is 2. The Morgan fingerprint density at radius 2 is 1.89 bits per heavy atom. The van der Waals surface area contributed by atoms with Crippen molar-refractivity contribution in [3.63, 3.8) is 0 Å². The average molecular weight is 433 g/mol. The maximum absolute atomic E-state index is 12.2. The van der Waals surface area contributed by atoms with E-state index in [1.165, 1.54) is 12.5 Å². The Morgan fingerprint density at radius 3 is 2.52 bits per heavy atom. The van der Waals surface area contributed by atoms with Gasteiger partial charge in [-0.2, -0.15) is 0 Å². The third-order valence-electron chi connectivity index (χ3n) is 4.33. The molecule has 2 N–H and O–H groups in total. The summed E-state index contributed by atoms with van der Waals surface area (Å²) in [6.45, 7) is 7.55. The van der Waals surface area contributed by atoms with Gasteiger partial charge in [0, 0.05) is 18.3 Å². The van der Waals surface area contributed by atoms with E-state index < -0.39 is 0 Å². The zero-order chi connectivity index (χ0) is 20.0. The van der Waals surface area contributed by atoms with Crippen LogP contribution in [0.4, 0.5) is 11.4 Å². The minimum atomic E-state index is -0.273. The molecule has 0 aromatic heterocycles. The second-order valence-corrected chi connectivity index (χ2v) is 7.40. The maximum atomic E-state index is 12.2. The minimum absolute atomic E-state index is 0.107. The Bertz CT molecular complexity index is 836. The second kappa shape index (κ2) is 9.55. The van der Waals surface area contributed by atoms with Crippen molar-refractivity contribution in [3.05, 3.63) is 52.0 Å². The molecule has 0 heterocycles. The number of ether oxygens (including phenoxy) is 1. The largest absolute Gasteiger partial charge is 0.483 e. The molecule has 0 fully saturated rings. The molecular formula is C21H25BrN2O3. The fraction of sp³-hybridized carbons (Fsp3) is 0.333. The van der Waals surface area contributed by atoms with Crippen molar-refractivity contribution in [1.29, 1.82) is 0 Å². The van der Waals surface area contributed by atoms with E-state index in [2.05, 4.69) is 40.4 Å².